The Balaban J connectivity index is 0.000000810. The van der Waals surface area contributed by atoms with Crippen molar-refractivity contribution in [2.45, 2.75) is 6.54 Å². The molecule has 0 unspecified atom stereocenters. The summed E-state index contributed by atoms with van der Waals surface area (Å²) in [5, 5.41) is 2.64. The zero-order valence-electron chi connectivity index (χ0n) is 5.12. The molecule has 0 amide bonds. The first-order valence-corrected chi connectivity index (χ1v) is 4.51. The standard InChI is InChI=1S/C5H6BrNOS.BrH/c6-2-3-7-5(8)1-4-9-7;/h1,4H,2-3H2;1H. The molecule has 1 aromatic rings. The van der Waals surface area contributed by atoms with Gasteiger partial charge < -0.3 is 0 Å². The molecule has 10 heavy (non-hydrogen) atoms. The van der Waals surface area contributed by atoms with Crippen molar-refractivity contribution in [2.75, 3.05) is 5.33 Å². The normalized spacial score (nSPS) is 8.90. The van der Waals surface area contributed by atoms with Gasteiger partial charge in [0.1, 0.15) is 0 Å². The van der Waals surface area contributed by atoms with Gasteiger partial charge in [-0.2, -0.15) is 0 Å². The summed E-state index contributed by atoms with van der Waals surface area (Å²) in [6.45, 7) is 0.774. The molecule has 0 aromatic carbocycles. The number of aromatic nitrogens is 1. The van der Waals surface area contributed by atoms with E-state index in [0.29, 0.717) is 0 Å². The number of hydrogen-bond donors (Lipinski definition) is 0. The van der Waals surface area contributed by atoms with Crippen LogP contribution in [-0.4, -0.2) is 9.29 Å². The predicted molar refractivity (Wildman–Crippen MR) is 52.7 cm³/mol. The largest absolute Gasteiger partial charge is 0.268 e. The van der Waals surface area contributed by atoms with E-state index in [9.17, 15) is 4.79 Å². The fraction of sp³-hybridized carbons (Fsp3) is 0.400. The number of hydrogen-bond acceptors (Lipinski definition) is 2. The monoisotopic (exact) mass is 287 g/mol. The Morgan fingerprint density at radius 1 is 1.70 bits per heavy atom. The van der Waals surface area contributed by atoms with Gasteiger partial charge in [0, 0.05) is 23.3 Å². The summed E-state index contributed by atoms with van der Waals surface area (Å²) in [4.78, 5) is 10.8. The van der Waals surface area contributed by atoms with Crippen LogP contribution < -0.4 is 5.56 Å². The van der Waals surface area contributed by atoms with Gasteiger partial charge in [-0.05, 0) is 0 Å². The van der Waals surface area contributed by atoms with Crippen LogP contribution in [0.2, 0.25) is 0 Å². The highest BCUT2D eigenvalue weighted by Gasteiger charge is 1.91. The summed E-state index contributed by atoms with van der Waals surface area (Å²) >= 11 is 4.70. The van der Waals surface area contributed by atoms with E-state index in [2.05, 4.69) is 15.9 Å². The Morgan fingerprint density at radius 2 is 2.40 bits per heavy atom. The second-order valence-electron chi connectivity index (χ2n) is 1.54. The van der Waals surface area contributed by atoms with Crippen LogP contribution in [0.25, 0.3) is 0 Å². The second-order valence-corrected chi connectivity index (χ2v) is 3.25. The van der Waals surface area contributed by atoms with E-state index in [1.54, 1.807) is 15.4 Å². The van der Waals surface area contributed by atoms with Gasteiger partial charge in [-0.1, -0.05) is 27.5 Å². The minimum atomic E-state index is 0. The lowest BCUT2D eigenvalue weighted by molar-refractivity contribution is 0.825. The Kier molecular flexibility index (Phi) is 5.29. The average molecular weight is 289 g/mol. The molecule has 0 saturated heterocycles. The number of halogens is 2. The molecule has 58 valence electrons. The molecule has 0 aliphatic carbocycles. The minimum Gasteiger partial charge on any atom is -0.268 e. The Labute approximate surface area is 81.9 Å². The molecule has 0 N–H and O–H groups in total. The van der Waals surface area contributed by atoms with Crippen LogP contribution >= 0.6 is 44.4 Å². The van der Waals surface area contributed by atoms with Crippen LogP contribution in [0, 0.1) is 0 Å². The first-order valence-electron chi connectivity index (χ1n) is 2.55. The van der Waals surface area contributed by atoms with Gasteiger partial charge in [0.05, 0.1) is 0 Å². The molecule has 1 rings (SSSR count). The lowest BCUT2D eigenvalue weighted by Gasteiger charge is -1.91. The molecule has 2 nitrogen and oxygen atoms in total. The van der Waals surface area contributed by atoms with Crippen LogP contribution in [-0.2, 0) is 6.54 Å². The maximum atomic E-state index is 10.8. The van der Waals surface area contributed by atoms with E-state index >= 15 is 0 Å². The fourth-order valence-electron chi connectivity index (χ4n) is 0.537. The molecule has 0 spiro atoms. The maximum absolute atomic E-state index is 10.8. The topological polar surface area (TPSA) is 22.0 Å². The smallest absolute Gasteiger partial charge is 0.260 e. The molecule has 0 aliphatic heterocycles. The summed E-state index contributed by atoms with van der Waals surface area (Å²) in [7, 11) is 0. The van der Waals surface area contributed by atoms with Crippen molar-refractivity contribution in [1.82, 2.24) is 3.96 Å². The molecule has 0 radical (unpaired) electrons. The molecule has 1 aromatic heterocycles. The summed E-state index contributed by atoms with van der Waals surface area (Å²) < 4.78 is 1.70. The van der Waals surface area contributed by atoms with Crippen molar-refractivity contribution >= 4 is 44.4 Å². The third-order valence-corrected chi connectivity index (χ3v) is 2.16. The molecular formula is C5H7Br2NOS. The van der Waals surface area contributed by atoms with E-state index in [1.807, 2.05) is 0 Å². The van der Waals surface area contributed by atoms with Crippen LogP contribution in [0.1, 0.15) is 0 Å². The fourth-order valence-corrected chi connectivity index (χ4v) is 1.81. The molecule has 0 fully saturated rings. The van der Waals surface area contributed by atoms with E-state index in [4.69, 9.17) is 0 Å². The summed E-state index contributed by atoms with van der Waals surface area (Å²) in [6, 6.07) is 1.58. The van der Waals surface area contributed by atoms with E-state index in [0.717, 1.165) is 11.9 Å². The first kappa shape index (κ1) is 10.4. The van der Waals surface area contributed by atoms with Gasteiger partial charge in [0.15, 0.2) is 0 Å². The summed E-state index contributed by atoms with van der Waals surface area (Å²) in [5.41, 5.74) is 0.0967. The van der Waals surface area contributed by atoms with E-state index in [1.165, 1.54) is 11.5 Å². The van der Waals surface area contributed by atoms with Crippen LogP contribution in [0.5, 0.6) is 0 Å². The minimum absolute atomic E-state index is 0. The van der Waals surface area contributed by atoms with Crippen molar-refractivity contribution in [2.24, 2.45) is 0 Å². The van der Waals surface area contributed by atoms with E-state index < -0.39 is 0 Å². The highest BCUT2D eigenvalue weighted by atomic mass is 79.9. The molecule has 0 bridgehead atoms. The highest BCUT2D eigenvalue weighted by molar-refractivity contribution is 9.09. The lowest BCUT2D eigenvalue weighted by atomic mass is 10.7. The van der Waals surface area contributed by atoms with Crippen molar-refractivity contribution in [3.05, 3.63) is 21.8 Å². The molecule has 0 aliphatic rings. The Bertz CT molecular complexity index is 232. The third kappa shape index (κ3) is 2.56. The average Bonchev–Trinajstić information content (AvgIpc) is 2.18. The number of rotatable bonds is 2. The van der Waals surface area contributed by atoms with Gasteiger partial charge >= 0.3 is 0 Å². The second kappa shape index (κ2) is 5.09. The Hall–Kier alpha value is 0.390. The van der Waals surface area contributed by atoms with Gasteiger partial charge in [-0.3, -0.25) is 8.75 Å². The van der Waals surface area contributed by atoms with Gasteiger partial charge in [-0.15, -0.1) is 17.0 Å². The third-order valence-electron chi connectivity index (χ3n) is 0.932. The molecule has 5 heteroatoms. The zero-order valence-corrected chi connectivity index (χ0v) is 9.23. The SMILES string of the molecule is Br.O=c1ccsn1CCBr. The van der Waals surface area contributed by atoms with Crippen LogP contribution in [0.3, 0.4) is 0 Å². The van der Waals surface area contributed by atoms with Crippen LogP contribution in [0.15, 0.2) is 16.2 Å². The Morgan fingerprint density at radius 3 is 2.80 bits per heavy atom. The summed E-state index contributed by atoms with van der Waals surface area (Å²) in [6.07, 6.45) is 0. The molecule has 0 atom stereocenters. The van der Waals surface area contributed by atoms with Crippen molar-refractivity contribution < 1.29 is 0 Å². The quantitative estimate of drug-likeness (QED) is 0.762. The molecular weight excluding hydrogens is 282 g/mol. The number of aryl methyl sites for hydroxylation is 1. The number of nitrogens with zero attached hydrogens (tertiary/aromatic N) is 1. The molecule has 1 heterocycles. The van der Waals surface area contributed by atoms with Gasteiger partial charge in [0.25, 0.3) is 5.56 Å². The van der Waals surface area contributed by atoms with E-state index in [-0.39, 0.29) is 22.5 Å². The van der Waals surface area contributed by atoms with Gasteiger partial charge in [0.2, 0.25) is 0 Å². The first-order chi connectivity index (χ1) is 4.34. The predicted octanol–water partition coefficient (Wildman–Crippen LogP) is 1.88. The zero-order chi connectivity index (χ0) is 6.69. The number of alkyl halides is 1. The van der Waals surface area contributed by atoms with Crippen molar-refractivity contribution in [1.29, 1.82) is 0 Å². The van der Waals surface area contributed by atoms with Gasteiger partial charge in [-0.25, -0.2) is 0 Å². The summed E-state index contributed by atoms with van der Waals surface area (Å²) in [5.74, 6) is 0. The van der Waals surface area contributed by atoms with Crippen LogP contribution in [0.4, 0.5) is 0 Å². The van der Waals surface area contributed by atoms with Crippen molar-refractivity contribution in [3.63, 3.8) is 0 Å². The lowest BCUT2D eigenvalue weighted by Crippen LogP contribution is -2.12. The highest BCUT2D eigenvalue weighted by Crippen LogP contribution is 1.93. The molecule has 0 saturated carbocycles. The maximum Gasteiger partial charge on any atom is 0.260 e. The van der Waals surface area contributed by atoms with Crippen molar-refractivity contribution in [3.8, 4) is 0 Å².